The minimum atomic E-state index is -0.396. The lowest BCUT2D eigenvalue weighted by Crippen LogP contribution is -2.49. The van der Waals surface area contributed by atoms with E-state index in [1.54, 1.807) is 0 Å². The monoisotopic (exact) mass is 245 g/mol. The Balaban J connectivity index is 2.77. The van der Waals surface area contributed by atoms with E-state index in [1.165, 1.54) is 11.3 Å². The minimum absolute atomic E-state index is 0.0498. The summed E-state index contributed by atoms with van der Waals surface area (Å²) in [5.74, 6) is -0.0498. The van der Waals surface area contributed by atoms with Crippen LogP contribution in [0.5, 0.6) is 0 Å². The summed E-state index contributed by atoms with van der Waals surface area (Å²) in [7, 11) is 0. The minimum Gasteiger partial charge on any atom is -0.346 e. The van der Waals surface area contributed by atoms with E-state index in [9.17, 15) is 4.79 Å². The normalized spacial score (nSPS) is 13.7. The summed E-state index contributed by atoms with van der Waals surface area (Å²) in [4.78, 5) is 11.9. The van der Waals surface area contributed by atoms with Crippen molar-refractivity contribution in [2.45, 2.75) is 38.6 Å². The van der Waals surface area contributed by atoms with E-state index in [2.05, 4.69) is 5.32 Å². The lowest BCUT2D eigenvalue weighted by molar-refractivity contribution is 0.0912. The quantitative estimate of drug-likeness (QED) is 0.815. The topological polar surface area (TPSA) is 29.1 Å². The Kier molecular flexibility index (Phi) is 3.79. The maximum absolute atomic E-state index is 11.9. The fourth-order valence-corrected chi connectivity index (χ4v) is 1.94. The highest BCUT2D eigenvalue weighted by atomic mass is 35.5. The standard InChI is InChI=1S/C11H16ClNOS/c1-7-5-15-6-9(7)10(14)13-11(3,4)8(2)12/h5-6,8H,1-4H3,(H,13,14). The molecule has 1 unspecified atom stereocenters. The van der Waals surface area contributed by atoms with Gasteiger partial charge in [-0.2, -0.15) is 11.3 Å². The van der Waals surface area contributed by atoms with Gasteiger partial charge >= 0.3 is 0 Å². The van der Waals surface area contributed by atoms with Gasteiger partial charge in [-0.1, -0.05) is 0 Å². The molecule has 0 saturated heterocycles. The molecule has 0 aliphatic carbocycles. The number of alkyl halides is 1. The van der Waals surface area contributed by atoms with Crippen LogP contribution in [0.3, 0.4) is 0 Å². The van der Waals surface area contributed by atoms with Gasteiger partial charge in [0.1, 0.15) is 0 Å². The highest BCUT2D eigenvalue weighted by Gasteiger charge is 2.27. The van der Waals surface area contributed by atoms with Gasteiger partial charge in [-0.3, -0.25) is 4.79 Å². The Bertz CT molecular complexity index is 357. The Morgan fingerprint density at radius 2 is 2.13 bits per heavy atom. The van der Waals surface area contributed by atoms with Crippen molar-refractivity contribution in [1.82, 2.24) is 5.32 Å². The molecule has 0 aliphatic heterocycles. The summed E-state index contributed by atoms with van der Waals surface area (Å²) in [6.45, 7) is 7.65. The van der Waals surface area contributed by atoms with Crippen molar-refractivity contribution in [1.29, 1.82) is 0 Å². The third kappa shape index (κ3) is 2.95. The average molecular weight is 246 g/mol. The van der Waals surface area contributed by atoms with Crippen LogP contribution in [0.15, 0.2) is 10.8 Å². The second-order valence-electron chi connectivity index (χ2n) is 4.26. The molecule has 0 radical (unpaired) electrons. The number of rotatable bonds is 3. The molecule has 1 N–H and O–H groups in total. The number of carbonyl (C=O) groups excluding carboxylic acids is 1. The van der Waals surface area contributed by atoms with Crippen molar-refractivity contribution in [3.05, 3.63) is 21.9 Å². The first-order valence-electron chi connectivity index (χ1n) is 4.84. The summed E-state index contributed by atoms with van der Waals surface area (Å²) in [6.07, 6.45) is 0. The second kappa shape index (κ2) is 4.54. The van der Waals surface area contributed by atoms with Crippen LogP contribution < -0.4 is 5.32 Å². The molecule has 1 atom stereocenters. The van der Waals surface area contributed by atoms with E-state index < -0.39 is 5.54 Å². The SMILES string of the molecule is Cc1cscc1C(=O)NC(C)(C)C(C)Cl. The molecule has 15 heavy (non-hydrogen) atoms. The number of aryl methyl sites for hydroxylation is 1. The molecule has 1 aromatic heterocycles. The van der Waals surface area contributed by atoms with Gasteiger partial charge in [0.15, 0.2) is 0 Å². The van der Waals surface area contributed by atoms with E-state index in [0.29, 0.717) is 0 Å². The second-order valence-corrected chi connectivity index (χ2v) is 5.66. The van der Waals surface area contributed by atoms with Crippen molar-refractivity contribution in [2.24, 2.45) is 0 Å². The zero-order chi connectivity index (χ0) is 11.6. The van der Waals surface area contributed by atoms with Crippen LogP contribution >= 0.6 is 22.9 Å². The van der Waals surface area contributed by atoms with Crippen molar-refractivity contribution in [3.63, 3.8) is 0 Å². The van der Waals surface area contributed by atoms with Crippen molar-refractivity contribution in [3.8, 4) is 0 Å². The summed E-state index contributed by atoms with van der Waals surface area (Å²) in [5.41, 5.74) is 1.36. The molecule has 0 aromatic carbocycles. The zero-order valence-electron chi connectivity index (χ0n) is 9.43. The van der Waals surface area contributed by atoms with Crippen LogP contribution in [0.2, 0.25) is 0 Å². The smallest absolute Gasteiger partial charge is 0.252 e. The first-order chi connectivity index (χ1) is 6.84. The molecule has 1 amide bonds. The Morgan fingerprint density at radius 1 is 1.53 bits per heavy atom. The van der Waals surface area contributed by atoms with Gasteiger partial charge in [0.05, 0.1) is 16.5 Å². The van der Waals surface area contributed by atoms with E-state index in [0.717, 1.165) is 11.1 Å². The molecule has 0 fully saturated rings. The van der Waals surface area contributed by atoms with Gasteiger partial charge in [-0.25, -0.2) is 0 Å². The van der Waals surface area contributed by atoms with Gasteiger partial charge in [-0.05, 0) is 38.6 Å². The number of thiophene rings is 1. The molecule has 0 aliphatic rings. The summed E-state index contributed by atoms with van der Waals surface area (Å²) in [6, 6.07) is 0. The van der Waals surface area contributed by atoms with Gasteiger partial charge in [0.2, 0.25) is 0 Å². The van der Waals surface area contributed by atoms with Crippen molar-refractivity contribution in [2.75, 3.05) is 0 Å². The zero-order valence-corrected chi connectivity index (χ0v) is 11.0. The Hall–Kier alpha value is -0.540. The van der Waals surface area contributed by atoms with Crippen LogP contribution in [0, 0.1) is 6.92 Å². The number of halogens is 1. The van der Waals surface area contributed by atoms with E-state index in [4.69, 9.17) is 11.6 Å². The fraction of sp³-hybridized carbons (Fsp3) is 0.545. The van der Waals surface area contributed by atoms with E-state index >= 15 is 0 Å². The number of carbonyl (C=O) groups is 1. The molecule has 84 valence electrons. The Labute approximate surface area is 99.6 Å². The summed E-state index contributed by atoms with van der Waals surface area (Å²) < 4.78 is 0. The molecule has 0 saturated carbocycles. The van der Waals surface area contributed by atoms with Gasteiger partial charge in [0.25, 0.3) is 5.91 Å². The molecule has 0 bridgehead atoms. The predicted octanol–water partition coefficient (Wildman–Crippen LogP) is 3.19. The molecule has 4 heteroatoms. The highest BCUT2D eigenvalue weighted by Crippen LogP contribution is 2.18. The van der Waals surface area contributed by atoms with Crippen molar-refractivity contribution < 1.29 is 4.79 Å². The molecule has 2 nitrogen and oxygen atoms in total. The molecule has 1 heterocycles. The molecular weight excluding hydrogens is 230 g/mol. The van der Waals surface area contributed by atoms with Crippen LogP contribution in [0.4, 0.5) is 0 Å². The first kappa shape index (κ1) is 12.5. The lowest BCUT2D eigenvalue weighted by Gasteiger charge is -2.28. The summed E-state index contributed by atoms with van der Waals surface area (Å²) >= 11 is 7.54. The average Bonchev–Trinajstić information content (AvgIpc) is 2.50. The number of hydrogen-bond donors (Lipinski definition) is 1. The lowest BCUT2D eigenvalue weighted by atomic mass is 10.0. The fourth-order valence-electron chi connectivity index (χ4n) is 1.05. The first-order valence-corrected chi connectivity index (χ1v) is 6.22. The molecule has 1 rings (SSSR count). The van der Waals surface area contributed by atoms with Crippen molar-refractivity contribution >= 4 is 28.8 Å². The van der Waals surface area contributed by atoms with Crippen LogP contribution in [0.1, 0.15) is 36.7 Å². The number of nitrogens with one attached hydrogen (secondary N) is 1. The third-order valence-electron chi connectivity index (χ3n) is 2.53. The van der Waals surface area contributed by atoms with Gasteiger partial charge in [0, 0.05) is 5.38 Å². The van der Waals surface area contributed by atoms with Gasteiger partial charge < -0.3 is 5.32 Å². The maximum Gasteiger partial charge on any atom is 0.252 e. The van der Waals surface area contributed by atoms with E-state index in [-0.39, 0.29) is 11.3 Å². The summed E-state index contributed by atoms with van der Waals surface area (Å²) in [5, 5.41) is 6.65. The number of amides is 1. The van der Waals surface area contributed by atoms with E-state index in [1.807, 2.05) is 38.5 Å². The highest BCUT2D eigenvalue weighted by molar-refractivity contribution is 7.08. The number of hydrogen-bond acceptors (Lipinski definition) is 2. The molecular formula is C11H16ClNOS. The maximum atomic E-state index is 11.9. The largest absolute Gasteiger partial charge is 0.346 e. The molecule has 0 spiro atoms. The predicted molar refractivity (Wildman–Crippen MR) is 65.9 cm³/mol. The third-order valence-corrected chi connectivity index (χ3v) is 3.94. The van der Waals surface area contributed by atoms with Crippen LogP contribution in [-0.4, -0.2) is 16.8 Å². The van der Waals surface area contributed by atoms with Gasteiger partial charge in [-0.15, -0.1) is 11.6 Å². The van der Waals surface area contributed by atoms with Crippen LogP contribution in [-0.2, 0) is 0 Å². The van der Waals surface area contributed by atoms with Crippen LogP contribution in [0.25, 0.3) is 0 Å². The molecule has 1 aromatic rings. The Morgan fingerprint density at radius 3 is 2.53 bits per heavy atom.